The number of aromatic amines is 1. The number of H-pyrrole nitrogens is 1. The Bertz CT molecular complexity index is 1370. The fourth-order valence-electron chi connectivity index (χ4n) is 4.31. The lowest BCUT2D eigenvalue weighted by Crippen LogP contribution is -2.29. The van der Waals surface area contributed by atoms with Crippen LogP contribution in [0.5, 0.6) is 5.75 Å². The third-order valence-corrected chi connectivity index (χ3v) is 5.78. The minimum Gasteiger partial charge on any atom is -0.507 e. The second kappa shape index (κ2) is 8.35. The van der Waals surface area contributed by atoms with Gasteiger partial charge in [-0.3, -0.25) is 9.59 Å². The van der Waals surface area contributed by atoms with E-state index in [1.54, 1.807) is 30.5 Å². The number of benzene rings is 2. The number of carbonyl (C=O) groups is 2. The molecule has 1 aliphatic heterocycles. The minimum atomic E-state index is -0.802. The lowest BCUT2D eigenvalue weighted by atomic mass is 9.95. The van der Waals surface area contributed by atoms with E-state index in [4.69, 9.17) is 9.15 Å². The van der Waals surface area contributed by atoms with Crippen LogP contribution in [0.1, 0.15) is 29.9 Å². The molecule has 7 nitrogen and oxygen atoms in total. The van der Waals surface area contributed by atoms with Crippen LogP contribution >= 0.6 is 0 Å². The standard InChI is InChI=1S/C26H22N2O5/c1-2-32-17-8-5-7-16(13-17)23-22(24(29)20-14-27-21-11-4-3-10-19(20)21)25(30)26(31)28(23)15-18-9-6-12-33-18/h3-14,23,27,29H,2,15H2,1H3/b24-22-. The number of ketones is 1. The predicted octanol–water partition coefficient (Wildman–Crippen LogP) is 4.78. The maximum absolute atomic E-state index is 13.2. The van der Waals surface area contributed by atoms with E-state index in [1.165, 1.54) is 11.2 Å². The zero-order valence-electron chi connectivity index (χ0n) is 17.9. The minimum absolute atomic E-state index is 0.0324. The molecule has 1 aliphatic rings. The summed E-state index contributed by atoms with van der Waals surface area (Å²) in [5.41, 5.74) is 1.98. The second-order valence-corrected chi connectivity index (χ2v) is 7.76. The molecule has 1 amide bonds. The number of likely N-dealkylation sites (tertiary alicyclic amines) is 1. The fourth-order valence-corrected chi connectivity index (χ4v) is 4.31. The lowest BCUT2D eigenvalue weighted by Gasteiger charge is -2.24. The van der Waals surface area contributed by atoms with Crippen LogP contribution in [-0.4, -0.2) is 33.3 Å². The van der Waals surface area contributed by atoms with Crippen LogP contribution < -0.4 is 4.74 Å². The van der Waals surface area contributed by atoms with Gasteiger partial charge in [0.25, 0.3) is 11.7 Å². The van der Waals surface area contributed by atoms with Crippen molar-refractivity contribution < 1.29 is 23.8 Å². The molecule has 7 heteroatoms. The molecule has 1 fully saturated rings. The number of amides is 1. The number of para-hydroxylation sites is 1. The van der Waals surface area contributed by atoms with E-state index in [0.29, 0.717) is 29.2 Å². The first-order valence-electron chi connectivity index (χ1n) is 10.7. The van der Waals surface area contributed by atoms with E-state index >= 15 is 0 Å². The second-order valence-electron chi connectivity index (χ2n) is 7.76. The van der Waals surface area contributed by atoms with E-state index in [2.05, 4.69) is 4.98 Å². The van der Waals surface area contributed by atoms with E-state index in [9.17, 15) is 14.7 Å². The largest absolute Gasteiger partial charge is 0.507 e. The van der Waals surface area contributed by atoms with E-state index in [0.717, 1.165) is 10.9 Å². The maximum atomic E-state index is 13.2. The van der Waals surface area contributed by atoms with E-state index in [1.807, 2.05) is 43.3 Å². The molecule has 1 unspecified atom stereocenters. The van der Waals surface area contributed by atoms with Crippen LogP contribution in [0.3, 0.4) is 0 Å². The van der Waals surface area contributed by atoms with Crippen LogP contribution in [0.15, 0.2) is 83.1 Å². The molecular weight excluding hydrogens is 420 g/mol. The molecule has 2 N–H and O–H groups in total. The molecule has 2 aromatic heterocycles. The molecule has 166 valence electrons. The Hall–Kier alpha value is -4.26. The average molecular weight is 442 g/mol. The number of nitrogens with zero attached hydrogens (tertiary/aromatic N) is 1. The zero-order chi connectivity index (χ0) is 22.9. The first-order valence-corrected chi connectivity index (χ1v) is 10.7. The number of ether oxygens (including phenoxy) is 1. The summed E-state index contributed by atoms with van der Waals surface area (Å²) in [7, 11) is 0. The number of aliphatic hydroxyl groups is 1. The number of rotatable bonds is 6. The summed E-state index contributed by atoms with van der Waals surface area (Å²) in [5.74, 6) is -0.504. The van der Waals surface area contributed by atoms with Gasteiger partial charge < -0.3 is 24.1 Å². The van der Waals surface area contributed by atoms with Crippen molar-refractivity contribution in [2.45, 2.75) is 19.5 Å². The third-order valence-electron chi connectivity index (χ3n) is 5.78. The smallest absolute Gasteiger partial charge is 0.296 e. The average Bonchev–Trinajstić information content (AvgIpc) is 3.55. The summed E-state index contributed by atoms with van der Waals surface area (Å²) in [6, 6.07) is 17.3. The Morgan fingerprint density at radius 2 is 1.97 bits per heavy atom. The van der Waals surface area contributed by atoms with Gasteiger partial charge in [0.1, 0.15) is 17.3 Å². The van der Waals surface area contributed by atoms with Gasteiger partial charge in [0.05, 0.1) is 31.0 Å². The number of aliphatic hydroxyl groups excluding tert-OH is 1. The Labute approximate surface area is 189 Å². The SMILES string of the molecule is CCOc1cccc(C2/C(=C(/O)c3c[nH]c4ccccc34)C(=O)C(=O)N2Cc2ccco2)c1. The summed E-state index contributed by atoms with van der Waals surface area (Å²) in [6.45, 7) is 2.45. The number of furan rings is 1. The Morgan fingerprint density at radius 3 is 2.76 bits per heavy atom. The zero-order valence-corrected chi connectivity index (χ0v) is 17.9. The van der Waals surface area contributed by atoms with Crippen molar-refractivity contribution in [2.75, 3.05) is 6.61 Å². The van der Waals surface area contributed by atoms with Gasteiger partial charge >= 0.3 is 0 Å². The van der Waals surface area contributed by atoms with Crippen molar-refractivity contribution in [3.8, 4) is 5.75 Å². The van der Waals surface area contributed by atoms with Gasteiger partial charge in [-0.25, -0.2) is 0 Å². The highest BCUT2D eigenvalue weighted by Gasteiger charge is 2.46. The Balaban J connectivity index is 1.69. The Kier molecular flexibility index (Phi) is 5.22. The molecule has 2 aromatic carbocycles. The molecular formula is C26H22N2O5. The number of aromatic nitrogens is 1. The monoisotopic (exact) mass is 442 g/mol. The third kappa shape index (κ3) is 3.57. The van der Waals surface area contributed by atoms with Crippen molar-refractivity contribution in [3.05, 3.63) is 95.6 Å². The van der Waals surface area contributed by atoms with Gasteiger partial charge in [-0.1, -0.05) is 30.3 Å². The highest BCUT2D eigenvalue weighted by Crippen LogP contribution is 2.42. The Morgan fingerprint density at radius 1 is 1.12 bits per heavy atom. The van der Waals surface area contributed by atoms with Gasteiger partial charge in [-0.05, 0) is 42.8 Å². The molecule has 3 heterocycles. The van der Waals surface area contributed by atoms with Gasteiger partial charge in [0.15, 0.2) is 0 Å². The van der Waals surface area contributed by atoms with Gasteiger partial charge in [-0.15, -0.1) is 0 Å². The summed E-state index contributed by atoms with van der Waals surface area (Å²) >= 11 is 0. The molecule has 33 heavy (non-hydrogen) atoms. The molecule has 1 atom stereocenters. The highest BCUT2D eigenvalue weighted by molar-refractivity contribution is 6.46. The highest BCUT2D eigenvalue weighted by atomic mass is 16.5. The summed E-state index contributed by atoms with van der Waals surface area (Å²) in [6.07, 6.45) is 3.16. The number of carbonyl (C=O) groups excluding carboxylic acids is 2. The number of fused-ring (bicyclic) bond motifs is 1. The molecule has 1 saturated heterocycles. The van der Waals surface area contributed by atoms with Crippen molar-refractivity contribution in [3.63, 3.8) is 0 Å². The lowest BCUT2D eigenvalue weighted by molar-refractivity contribution is -0.140. The molecule has 0 bridgehead atoms. The quantitative estimate of drug-likeness (QED) is 0.255. The van der Waals surface area contributed by atoms with Crippen molar-refractivity contribution in [1.29, 1.82) is 0 Å². The topological polar surface area (TPSA) is 95.8 Å². The normalized spacial score (nSPS) is 17.7. The molecule has 0 spiro atoms. The number of hydrogen-bond acceptors (Lipinski definition) is 5. The van der Waals surface area contributed by atoms with Crippen molar-refractivity contribution in [1.82, 2.24) is 9.88 Å². The van der Waals surface area contributed by atoms with Gasteiger partial charge in [-0.2, -0.15) is 0 Å². The van der Waals surface area contributed by atoms with Crippen LogP contribution in [0.4, 0.5) is 0 Å². The van der Waals surface area contributed by atoms with Crippen LogP contribution in [0.25, 0.3) is 16.7 Å². The summed E-state index contributed by atoms with van der Waals surface area (Å²) < 4.78 is 11.1. The molecule has 5 rings (SSSR count). The number of Topliss-reactive ketones (excluding diaryl/α,β-unsaturated/α-hetero) is 1. The van der Waals surface area contributed by atoms with Gasteiger partial charge in [0.2, 0.25) is 0 Å². The molecule has 0 radical (unpaired) electrons. The number of nitrogens with one attached hydrogen (secondary N) is 1. The van der Waals surface area contributed by atoms with Crippen molar-refractivity contribution in [2.24, 2.45) is 0 Å². The van der Waals surface area contributed by atoms with E-state index in [-0.39, 0.29) is 17.9 Å². The first kappa shape index (κ1) is 20.6. The molecule has 0 aliphatic carbocycles. The molecule has 0 saturated carbocycles. The molecule has 4 aromatic rings. The first-order chi connectivity index (χ1) is 16.1. The predicted molar refractivity (Wildman–Crippen MR) is 122 cm³/mol. The fraction of sp³-hybridized carbons (Fsp3) is 0.154. The van der Waals surface area contributed by atoms with Crippen LogP contribution in [0.2, 0.25) is 0 Å². The van der Waals surface area contributed by atoms with Crippen molar-refractivity contribution >= 4 is 28.4 Å². The van der Waals surface area contributed by atoms with E-state index < -0.39 is 17.7 Å². The summed E-state index contributed by atoms with van der Waals surface area (Å²) in [4.78, 5) is 30.9. The summed E-state index contributed by atoms with van der Waals surface area (Å²) in [5, 5.41) is 12.1. The maximum Gasteiger partial charge on any atom is 0.296 e. The van der Waals surface area contributed by atoms with Crippen LogP contribution in [-0.2, 0) is 16.1 Å². The number of hydrogen-bond donors (Lipinski definition) is 2. The van der Waals surface area contributed by atoms with Gasteiger partial charge in [0, 0.05) is 22.7 Å². The van der Waals surface area contributed by atoms with Crippen LogP contribution in [0, 0.1) is 0 Å².